The molecular weight excluding hydrogens is 236 g/mol. The SMILES string of the molecule is Cc1ccccc1CCNC(=O)CC1CCCCN1. The molecule has 1 saturated heterocycles. The molecule has 1 aliphatic rings. The number of carbonyl (C=O) groups excluding carboxylic acids is 1. The normalized spacial score (nSPS) is 19.1. The van der Waals surface area contributed by atoms with Crippen LogP contribution in [0.15, 0.2) is 24.3 Å². The van der Waals surface area contributed by atoms with Gasteiger partial charge in [-0.1, -0.05) is 30.7 Å². The zero-order valence-corrected chi connectivity index (χ0v) is 11.7. The molecule has 0 aliphatic carbocycles. The van der Waals surface area contributed by atoms with Gasteiger partial charge in [0.05, 0.1) is 0 Å². The molecule has 2 N–H and O–H groups in total. The number of carbonyl (C=O) groups is 1. The second-order valence-electron chi connectivity index (χ2n) is 5.38. The Bertz CT molecular complexity index is 411. The van der Waals surface area contributed by atoms with Gasteiger partial charge < -0.3 is 10.6 Å². The third-order valence-corrected chi connectivity index (χ3v) is 3.82. The number of rotatable bonds is 5. The molecule has 1 fully saturated rings. The Morgan fingerprint density at radius 1 is 1.37 bits per heavy atom. The smallest absolute Gasteiger partial charge is 0.221 e. The largest absolute Gasteiger partial charge is 0.356 e. The second-order valence-corrected chi connectivity index (χ2v) is 5.38. The second kappa shape index (κ2) is 7.29. The van der Waals surface area contributed by atoms with Gasteiger partial charge in [-0.05, 0) is 43.9 Å². The maximum Gasteiger partial charge on any atom is 0.221 e. The Labute approximate surface area is 115 Å². The highest BCUT2D eigenvalue weighted by Gasteiger charge is 2.15. The van der Waals surface area contributed by atoms with Gasteiger partial charge in [-0.2, -0.15) is 0 Å². The molecule has 0 aromatic heterocycles. The van der Waals surface area contributed by atoms with Gasteiger partial charge in [-0.15, -0.1) is 0 Å². The Balaban J connectivity index is 1.67. The average Bonchev–Trinajstić information content (AvgIpc) is 2.42. The first kappa shape index (κ1) is 14.1. The molecule has 0 spiro atoms. The number of aryl methyl sites for hydroxylation is 1. The summed E-state index contributed by atoms with van der Waals surface area (Å²) in [5.74, 6) is 0.174. The van der Waals surface area contributed by atoms with Crippen LogP contribution in [-0.2, 0) is 11.2 Å². The maximum absolute atomic E-state index is 11.8. The fourth-order valence-electron chi connectivity index (χ4n) is 2.62. The number of hydrogen-bond donors (Lipinski definition) is 2. The summed E-state index contributed by atoms with van der Waals surface area (Å²) in [6.07, 6.45) is 5.15. The van der Waals surface area contributed by atoms with Crippen LogP contribution in [0.2, 0.25) is 0 Å². The van der Waals surface area contributed by atoms with E-state index >= 15 is 0 Å². The minimum absolute atomic E-state index is 0.174. The molecule has 0 bridgehead atoms. The molecule has 1 atom stereocenters. The lowest BCUT2D eigenvalue weighted by Crippen LogP contribution is -2.39. The van der Waals surface area contributed by atoms with Gasteiger partial charge in [0.1, 0.15) is 0 Å². The van der Waals surface area contributed by atoms with Crippen LogP contribution in [0.4, 0.5) is 0 Å². The van der Waals surface area contributed by atoms with E-state index in [0.717, 1.165) is 25.9 Å². The van der Waals surface area contributed by atoms with Gasteiger partial charge in [0.2, 0.25) is 5.91 Å². The van der Waals surface area contributed by atoms with Crippen molar-refractivity contribution in [2.45, 2.75) is 45.1 Å². The van der Waals surface area contributed by atoms with Gasteiger partial charge in [0.25, 0.3) is 0 Å². The van der Waals surface area contributed by atoms with Gasteiger partial charge >= 0.3 is 0 Å². The lowest BCUT2D eigenvalue weighted by atomic mass is 10.0. The molecule has 3 heteroatoms. The molecule has 1 aromatic carbocycles. The van der Waals surface area contributed by atoms with Crippen LogP contribution in [-0.4, -0.2) is 25.0 Å². The van der Waals surface area contributed by atoms with Gasteiger partial charge in [-0.3, -0.25) is 4.79 Å². The molecule has 19 heavy (non-hydrogen) atoms. The van der Waals surface area contributed by atoms with E-state index < -0.39 is 0 Å². The molecule has 0 saturated carbocycles. The van der Waals surface area contributed by atoms with Crippen LogP contribution < -0.4 is 10.6 Å². The highest BCUT2D eigenvalue weighted by Crippen LogP contribution is 2.10. The van der Waals surface area contributed by atoms with E-state index in [0.29, 0.717) is 12.5 Å². The highest BCUT2D eigenvalue weighted by atomic mass is 16.1. The third kappa shape index (κ3) is 4.67. The summed E-state index contributed by atoms with van der Waals surface area (Å²) >= 11 is 0. The summed E-state index contributed by atoms with van der Waals surface area (Å²) in [7, 11) is 0. The molecule has 1 aromatic rings. The minimum Gasteiger partial charge on any atom is -0.356 e. The number of nitrogens with one attached hydrogen (secondary N) is 2. The Morgan fingerprint density at radius 3 is 2.95 bits per heavy atom. The van der Waals surface area contributed by atoms with Crippen molar-refractivity contribution in [3.05, 3.63) is 35.4 Å². The fourth-order valence-corrected chi connectivity index (χ4v) is 2.62. The van der Waals surface area contributed by atoms with Crippen molar-refractivity contribution in [3.8, 4) is 0 Å². The van der Waals surface area contributed by atoms with E-state index in [9.17, 15) is 4.79 Å². The molecule has 1 aliphatic heterocycles. The molecule has 3 nitrogen and oxygen atoms in total. The Hall–Kier alpha value is -1.35. The monoisotopic (exact) mass is 260 g/mol. The van der Waals surface area contributed by atoms with E-state index in [1.54, 1.807) is 0 Å². The molecule has 1 unspecified atom stereocenters. The number of amides is 1. The highest BCUT2D eigenvalue weighted by molar-refractivity contribution is 5.76. The van der Waals surface area contributed by atoms with Crippen LogP contribution in [0.5, 0.6) is 0 Å². The van der Waals surface area contributed by atoms with Crippen LogP contribution in [0.1, 0.15) is 36.8 Å². The van der Waals surface area contributed by atoms with Crippen LogP contribution in [0.25, 0.3) is 0 Å². The summed E-state index contributed by atoms with van der Waals surface area (Å²) in [4.78, 5) is 11.8. The van der Waals surface area contributed by atoms with E-state index in [1.165, 1.54) is 24.0 Å². The van der Waals surface area contributed by atoms with Gasteiger partial charge in [0.15, 0.2) is 0 Å². The standard InChI is InChI=1S/C16H24N2O/c1-13-6-2-3-7-14(13)9-11-18-16(19)12-15-8-4-5-10-17-15/h2-3,6-7,15,17H,4-5,8-12H2,1H3,(H,18,19). The predicted octanol–water partition coefficient (Wildman–Crippen LogP) is 2.19. The van der Waals surface area contributed by atoms with Crippen molar-refractivity contribution >= 4 is 5.91 Å². The lowest BCUT2D eigenvalue weighted by Gasteiger charge is -2.22. The Kier molecular flexibility index (Phi) is 5.40. The summed E-state index contributed by atoms with van der Waals surface area (Å²) < 4.78 is 0. The quantitative estimate of drug-likeness (QED) is 0.852. The lowest BCUT2D eigenvalue weighted by molar-refractivity contribution is -0.121. The average molecular weight is 260 g/mol. The predicted molar refractivity (Wildman–Crippen MR) is 78.2 cm³/mol. The zero-order valence-electron chi connectivity index (χ0n) is 11.7. The van der Waals surface area contributed by atoms with Gasteiger partial charge in [-0.25, -0.2) is 0 Å². The Morgan fingerprint density at radius 2 is 2.21 bits per heavy atom. The molecule has 0 radical (unpaired) electrons. The summed E-state index contributed by atoms with van der Waals surface area (Å²) in [5, 5.41) is 6.43. The van der Waals surface area contributed by atoms with Crippen LogP contribution in [0.3, 0.4) is 0 Å². The molecule has 1 heterocycles. The zero-order chi connectivity index (χ0) is 13.5. The minimum atomic E-state index is 0.174. The van der Waals surface area contributed by atoms with Crippen molar-refractivity contribution in [2.75, 3.05) is 13.1 Å². The molecule has 104 valence electrons. The molecule has 2 rings (SSSR count). The summed E-state index contributed by atoms with van der Waals surface area (Å²) in [5.41, 5.74) is 2.62. The summed E-state index contributed by atoms with van der Waals surface area (Å²) in [6.45, 7) is 3.90. The van der Waals surface area contributed by atoms with Gasteiger partial charge in [0, 0.05) is 19.0 Å². The summed E-state index contributed by atoms with van der Waals surface area (Å²) in [6, 6.07) is 8.72. The van der Waals surface area contributed by atoms with Crippen molar-refractivity contribution in [2.24, 2.45) is 0 Å². The first-order valence-corrected chi connectivity index (χ1v) is 7.30. The van der Waals surface area contributed by atoms with E-state index in [2.05, 4.69) is 35.8 Å². The topological polar surface area (TPSA) is 41.1 Å². The van der Waals surface area contributed by atoms with E-state index in [-0.39, 0.29) is 5.91 Å². The maximum atomic E-state index is 11.8. The molecule has 1 amide bonds. The first-order valence-electron chi connectivity index (χ1n) is 7.30. The van der Waals surface area contributed by atoms with Crippen LogP contribution >= 0.6 is 0 Å². The number of hydrogen-bond acceptors (Lipinski definition) is 2. The third-order valence-electron chi connectivity index (χ3n) is 3.82. The van der Waals surface area contributed by atoms with E-state index in [1.807, 2.05) is 6.07 Å². The molecular formula is C16H24N2O. The van der Waals surface area contributed by atoms with Crippen molar-refractivity contribution in [3.63, 3.8) is 0 Å². The van der Waals surface area contributed by atoms with E-state index in [4.69, 9.17) is 0 Å². The first-order chi connectivity index (χ1) is 9.25. The van der Waals surface area contributed by atoms with Crippen molar-refractivity contribution < 1.29 is 4.79 Å². The van der Waals surface area contributed by atoms with Crippen molar-refractivity contribution in [1.29, 1.82) is 0 Å². The fraction of sp³-hybridized carbons (Fsp3) is 0.562. The van der Waals surface area contributed by atoms with Crippen molar-refractivity contribution in [1.82, 2.24) is 10.6 Å². The van der Waals surface area contributed by atoms with Crippen LogP contribution in [0, 0.1) is 6.92 Å². The number of benzene rings is 1. The number of piperidine rings is 1.